The molecule has 0 heterocycles. The zero-order valence-corrected chi connectivity index (χ0v) is 6.96. The lowest BCUT2D eigenvalue weighted by atomic mass is 10.3. The lowest BCUT2D eigenvalue weighted by Crippen LogP contribution is -2.13. The van der Waals surface area contributed by atoms with E-state index in [2.05, 4.69) is 0 Å². The lowest BCUT2D eigenvalue weighted by molar-refractivity contribution is -0.147. The Kier molecular flexibility index (Phi) is 5.18. The number of rotatable bonds is 4. The number of esters is 1. The molecule has 0 unspecified atom stereocenters. The Bertz CT molecular complexity index is 160. The molecule has 0 spiro atoms. The van der Waals surface area contributed by atoms with Gasteiger partial charge in [-0.05, 0) is 13.3 Å². The van der Waals surface area contributed by atoms with Crippen molar-refractivity contribution in [1.29, 1.82) is 5.26 Å². The van der Waals surface area contributed by atoms with E-state index in [-0.39, 0.29) is 18.5 Å². The molecule has 0 N–H and O–H groups in total. The maximum absolute atomic E-state index is 10.8. The second-order valence-corrected chi connectivity index (χ2v) is 2.41. The van der Waals surface area contributed by atoms with Crippen LogP contribution in [0.3, 0.4) is 0 Å². The van der Waals surface area contributed by atoms with Gasteiger partial charge in [-0.15, -0.1) is 0 Å². The number of carbonyl (C=O) groups excluding carboxylic acids is 1. The summed E-state index contributed by atoms with van der Waals surface area (Å²) >= 11 is 0. The highest BCUT2D eigenvalue weighted by molar-refractivity contribution is 5.69. The van der Waals surface area contributed by atoms with Crippen LogP contribution in [-0.4, -0.2) is 12.1 Å². The van der Waals surface area contributed by atoms with Gasteiger partial charge in [-0.2, -0.15) is 5.26 Å². The van der Waals surface area contributed by atoms with E-state index in [4.69, 9.17) is 10.00 Å². The highest BCUT2D eigenvalue weighted by Gasteiger charge is 2.06. The first kappa shape index (κ1) is 9.96. The van der Waals surface area contributed by atoms with Gasteiger partial charge in [0.1, 0.15) is 6.10 Å². The van der Waals surface area contributed by atoms with Crippen molar-refractivity contribution in [2.24, 2.45) is 0 Å². The highest BCUT2D eigenvalue weighted by Crippen LogP contribution is 1.99. The van der Waals surface area contributed by atoms with Gasteiger partial charge in [-0.25, -0.2) is 0 Å². The van der Waals surface area contributed by atoms with Crippen LogP contribution in [0, 0.1) is 11.3 Å². The van der Waals surface area contributed by atoms with Crippen molar-refractivity contribution >= 4 is 5.97 Å². The van der Waals surface area contributed by atoms with Crippen LogP contribution in [0.5, 0.6) is 0 Å². The fraction of sp³-hybridized carbons (Fsp3) is 0.750. The average molecular weight is 155 g/mol. The Morgan fingerprint density at radius 3 is 2.82 bits per heavy atom. The molecule has 0 saturated heterocycles. The topological polar surface area (TPSA) is 50.1 Å². The molecule has 3 heteroatoms. The third kappa shape index (κ3) is 5.41. The number of carbonyl (C=O) groups is 1. The SMILES string of the molecule is CCCC(=O)O[C@H](C)CC#N. The number of nitrogens with zero attached hydrogens (tertiary/aromatic N) is 1. The van der Waals surface area contributed by atoms with Gasteiger partial charge in [-0.1, -0.05) is 6.92 Å². The Morgan fingerprint density at radius 2 is 2.36 bits per heavy atom. The Balaban J connectivity index is 3.50. The molecule has 0 bridgehead atoms. The minimum absolute atomic E-state index is 0.213. The monoisotopic (exact) mass is 155 g/mol. The molecule has 0 rings (SSSR count). The van der Waals surface area contributed by atoms with Gasteiger partial charge in [0.05, 0.1) is 12.5 Å². The molecule has 0 aliphatic rings. The third-order valence-corrected chi connectivity index (χ3v) is 1.17. The van der Waals surface area contributed by atoms with Crippen LogP contribution < -0.4 is 0 Å². The minimum atomic E-state index is -0.265. The Hall–Kier alpha value is -1.04. The van der Waals surface area contributed by atoms with Gasteiger partial charge < -0.3 is 4.74 Å². The van der Waals surface area contributed by atoms with Gasteiger partial charge in [0.25, 0.3) is 0 Å². The maximum Gasteiger partial charge on any atom is 0.306 e. The number of ether oxygens (including phenoxy) is 1. The smallest absolute Gasteiger partial charge is 0.306 e. The Morgan fingerprint density at radius 1 is 1.73 bits per heavy atom. The summed E-state index contributed by atoms with van der Waals surface area (Å²) in [7, 11) is 0. The minimum Gasteiger partial charge on any atom is -0.462 e. The molecule has 0 saturated carbocycles. The molecular weight excluding hydrogens is 142 g/mol. The Labute approximate surface area is 67.0 Å². The molecular formula is C8H13NO2. The van der Waals surface area contributed by atoms with Crippen molar-refractivity contribution < 1.29 is 9.53 Å². The molecule has 0 aliphatic carbocycles. The van der Waals surface area contributed by atoms with Gasteiger partial charge in [0.2, 0.25) is 0 Å². The molecule has 0 radical (unpaired) electrons. The van der Waals surface area contributed by atoms with Crippen LogP contribution >= 0.6 is 0 Å². The van der Waals surface area contributed by atoms with Gasteiger partial charge in [0.15, 0.2) is 0 Å². The normalized spacial score (nSPS) is 11.7. The molecule has 0 amide bonds. The molecule has 3 nitrogen and oxygen atoms in total. The van der Waals surface area contributed by atoms with Crippen LogP contribution in [0.15, 0.2) is 0 Å². The van der Waals surface area contributed by atoms with E-state index in [1.807, 2.05) is 13.0 Å². The summed E-state index contributed by atoms with van der Waals surface area (Å²) in [6, 6.07) is 1.94. The molecule has 1 atom stereocenters. The van der Waals surface area contributed by atoms with E-state index in [0.717, 1.165) is 6.42 Å². The van der Waals surface area contributed by atoms with E-state index >= 15 is 0 Å². The quantitative estimate of drug-likeness (QED) is 0.580. The molecule has 11 heavy (non-hydrogen) atoms. The van der Waals surface area contributed by atoms with Crippen molar-refractivity contribution in [1.82, 2.24) is 0 Å². The first-order valence-electron chi connectivity index (χ1n) is 3.77. The van der Waals surface area contributed by atoms with Crippen molar-refractivity contribution in [3.8, 4) is 6.07 Å². The predicted octanol–water partition coefficient (Wildman–Crippen LogP) is 1.63. The fourth-order valence-corrected chi connectivity index (χ4v) is 0.658. The van der Waals surface area contributed by atoms with Crippen molar-refractivity contribution in [3.63, 3.8) is 0 Å². The van der Waals surface area contributed by atoms with Crippen molar-refractivity contribution in [3.05, 3.63) is 0 Å². The molecule has 0 aromatic carbocycles. The average Bonchev–Trinajstić information content (AvgIpc) is 1.87. The van der Waals surface area contributed by atoms with Gasteiger partial charge in [0, 0.05) is 6.42 Å². The lowest BCUT2D eigenvalue weighted by Gasteiger charge is -2.08. The summed E-state index contributed by atoms with van der Waals surface area (Å²) in [5.74, 6) is -0.213. The second-order valence-electron chi connectivity index (χ2n) is 2.41. The third-order valence-electron chi connectivity index (χ3n) is 1.17. The first-order chi connectivity index (χ1) is 5.20. The number of hydrogen-bond donors (Lipinski definition) is 0. The maximum atomic E-state index is 10.8. The van der Waals surface area contributed by atoms with Gasteiger partial charge in [-0.3, -0.25) is 4.79 Å². The van der Waals surface area contributed by atoms with Crippen LogP contribution in [0.4, 0.5) is 0 Å². The molecule has 0 aromatic rings. The second kappa shape index (κ2) is 5.72. The molecule has 0 fully saturated rings. The van der Waals surface area contributed by atoms with E-state index in [1.165, 1.54) is 0 Å². The summed E-state index contributed by atoms with van der Waals surface area (Å²) in [4.78, 5) is 10.8. The highest BCUT2D eigenvalue weighted by atomic mass is 16.5. The van der Waals surface area contributed by atoms with E-state index < -0.39 is 0 Å². The summed E-state index contributed by atoms with van der Waals surface area (Å²) in [5.41, 5.74) is 0. The van der Waals surface area contributed by atoms with E-state index in [9.17, 15) is 4.79 Å². The molecule has 62 valence electrons. The van der Waals surface area contributed by atoms with Crippen molar-refractivity contribution in [2.45, 2.75) is 39.2 Å². The number of hydrogen-bond acceptors (Lipinski definition) is 3. The summed E-state index contributed by atoms with van der Waals surface area (Å²) < 4.78 is 4.87. The standard InChI is InChI=1S/C8H13NO2/c1-3-4-8(10)11-7(2)5-6-9/h7H,3-5H2,1-2H3/t7-/m1/s1. The first-order valence-corrected chi connectivity index (χ1v) is 3.77. The van der Waals surface area contributed by atoms with Crippen molar-refractivity contribution in [2.75, 3.05) is 0 Å². The summed E-state index contributed by atoms with van der Waals surface area (Å²) in [6.07, 6.45) is 1.24. The molecule has 0 aromatic heterocycles. The fourth-order valence-electron chi connectivity index (χ4n) is 0.658. The van der Waals surface area contributed by atoms with Crippen LogP contribution in [0.1, 0.15) is 33.1 Å². The zero-order chi connectivity index (χ0) is 8.69. The largest absolute Gasteiger partial charge is 0.462 e. The van der Waals surface area contributed by atoms with E-state index in [1.54, 1.807) is 6.92 Å². The molecule has 0 aliphatic heterocycles. The van der Waals surface area contributed by atoms with Crippen LogP contribution in [-0.2, 0) is 9.53 Å². The van der Waals surface area contributed by atoms with Crippen LogP contribution in [0.2, 0.25) is 0 Å². The predicted molar refractivity (Wildman–Crippen MR) is 40.7 cm³/mol. The van der Waals surface area contributed by atoms with E-state index in [0.29, 0.717) is 6.42 Å². The van der Waals surface area contributed by atoms with Gasteiger partial charge >= 0.3 is 5.97 Å². The van der Waals surface area contributed by atoms with Crippen LogP contribution in [0.25, 0.3) is 0 Å². The summed E-state index contributed by atoms with van der Waals surface area (Å²) in [5, 5.41) is 8.24. The summed E-state index contributed by atoms with van der Waals surface area (Å²) in [6.45, 7) is 3.63. The zero-order valence-electron chi connectivity index (χ0n) is 6.96. The number of nitriles is 1.